The van der Waals surface area contributed by atoms with E-state index in [-0.39, 0.29) is 42.6 Å². The minimum Gasteiger partial charge on any atom is -0.497 e. The van der Waals surface area contributed by atoms with Gasteiger partial charge in [-0.25, -0.2) is 22.4 Å². The molecule has 1 aliphatic carbocycles. The van der Waals surface area contributed by atoms with Crippen molar-refractivity contribution in [2.75, 3.05) is 41.5 Å². The number of fused-ring (bicyclic) bond motifs is 1. The van der Waals surface area contributed by atoms with E-state index in [9.17, 15) is 18.0 Å². The standard InChI is InChI=1S/C40H50FN3O10S/c1-39(2,3)54-37(45)42-18-8-9-26(22-42)21-40(16-17-40)25-44-31-14-15-34(35(41)36(31)53-38(44)46)55(47,48)43(23-27-10-12-29(49-4)19-32(27)51-6)24-28-11-13-30(50-5)20-33(28)52-7/h10-15,19-20,26H,8-9,16-18,21-25H2,1-7H3. The average Bonchev–Trinajstić information content (AvgIpc) is 3.84. The van der Waals surface area contributed by atoms with E-state index < -0.39 is 37.7 Å². The number of nitrogens with zero attached hydrogens (tertiary/aromatic N) is 3. The van der Waals surface area contributed by atoms with Crippen LogP contribution in [-0.4, -0.2) is 75.4 Å². The molecule has 1 aliphatic heterocycles. The van der Waals surface area contributed by atoms with E-state index in [1.54, 1.807) is 41.3 Å². The van der Waals surface area contributed by atoms with Crippen LogP contribution in [0, 0.1) is 17.2 Å². The Balaban J connectivity index is 1.30. The highest BCUT2D eigenvalue weighted by Crippen LogP contribution is 2.53. The first-order valence-electron chi connectivity index (χ1n) is 18.3. The maximum absolute atomic E-state index is 16.6. The summed E-state index contributed by atoms with van der Waals surface area (Å²) in [5, 5.41) is 0. The fraction of sp³-hybridized carbons (Fsp3) is 0.500. The van der Waals surface area contributed by atoms with E-state index in [2.05, 4.69) is 0 Å². The van der Waals surface area contributed by atoms with Gasteiger partial charge in [-0.15, -0.1) is 0 Å². The fourth-order valence-corrected chi connectivity index (χ4v) is 8.87. The average molecular weight is 784 g/mol. The van der Waals surface area contributed by atoms with Gasteiger partial charge in [-0.05, 0) is 88.5 Å². The largest absolute Gasteiger partial charge is 0.497 e. The Morgan fingerprint density at radius 3 is 2.05 bits per heavy atom. The third-order valence-corrected chi connectivity index (χ3v) is 12.2. The van der Waals surface area contributed by atoms with E-state index in [4.69, 9.17) is 28.1 Å². The van der Waals surface area contributed by atoms with Gasteiger partial charge >= 0.3 is 11.8 Å². The number of benzene rings is 3. The summed E-state index contributed by atoms with van der Waals surface area (Å²) in [6.45, 7) is 6.60. The molecule has 298 valence electrons. The summed E-state index contributed by atoms with van der Waals surface area (Å²) in [6.07, 6.45) is 3.97. The molecule has 1 unspecified atom stereocenters. The number of rotatable bonds is 14. The molecule has 3 aromatic carbocycles. The minimum atomic E-state index is -4.60. The molecule has 1 atom stereocenters. The monoisotopic (exact) mass is 783 g/mol. The fourth-order valence-electron chi connectivity index (χ4n) is 7.41. The van der Waals surface area contributed by atoms with E-state index >= 15 is 4.39 Å². The number of hydrogen-bond donors (Lipinski definition) is 0. The third-order valence-electron chi connectivity index (χ3n) is 10.4. The summed E-state index contributed by atoms with van der Waals surface area (Å²) in [4.78, 5) is 27.2. The molecule has 1 aromatic heterocycles. The number of methoxy groups -OCH3 is 4. The van der Waals surface area contributed by atoms with Crippen molar-refractivity contribution in [2.45, 2.75) is 83.0 Å². The number of piperidine rings is 1. The molecule has 4 aromatic rings. The van der Waals surface area contributed by atoms with Crippen molar-refractivity contribution in [2.24, 2.45) is 11.3 Å². The highest BCUT2D eigenvalue weighted by Gasteiger charge is 2.46. The number of oxazole rings is 1. The second-order valence-electron chi connectivity index (χ2n) is 15.4. The zero-order valence-corrected chi connectivity index (χ0v) is 33.3. The molecule has 2 fully saturated rings. The molecular weight excluding hydrogens is 734 g/mol. The first-order valence-corrected chi connectivity index (χ1v) is 19.8. The number of carbonyl (C=O) groups is 1. The molecule has 13 nitrogen and oxygen atoms in total. The summed E-state index contributed by atoms with van der Waals surface area (Å²) >= 11 is 0. The lowest BCUT2D eigenvalue weighted by atomic mass is 9.86. The van der Waals surface area contributed by atoms with Gasteiger partial charge in [0.2, 0.25) is 10.0 Å². The Morgan fingerprint density at radius 2 is 1.53 bits per heavy atom. The quantitative estimate of drug-likeness (QED) is 0.132. The number of likely N-dealkylation sites (tertiary alicyclic amines) is 1. The van der Waals surface area contributed by atoms with Gasteiger partial charge in [-0.3, -0.25) is 4.57 Å². The summed E-state index contributed by atoms with van der Waals surface area (Å²) in [7, 11) is 1.34. The van der Waals surface area contributed by atoms with Crippen molar-refractivity contribution in [3.8, 4) is 23.0 Å². The molecule has 1 saturated heterocycles. The zero-order chi connectivity index (χ0) is 39.7. The van der Waals surface area contributed by atoms with Gasteiger partial charge in [-0.2, -0.15) is 4.31 Å². The molecule has 2 aliphatic rings. The molecule has 1 amide bonds. The maximum atomic E-state index is 16.6. The van der Waals surface area contributed by atoms with Gasteiger partial charge in [0.25, 0.3) is 0 Å². The molecule has 1 saturated carbocycles. The van der Waals surface area contributed by atoms with Crippen LogP contribution in [0.5, 0.6) is 23.0 Å². The van der Waals surface area contributed by atoms with Crippen LogP contribution in [0.15, 0.2) is 62.6 Å². The second-order valence-corrected chi connectivity index (χ2v) is 17.4. The minimum absolute atomic E-state index is 0.173. The van der Waals surface area contributed by atoms with Crippen LogP contribution in [0.4, 0.5) is 9.18 Å². The Bertz CT molecular complexity index is 2150. The maximum Gasteiger partial charge on any atom is 0.420 e. The van der Waals surface area contributed by atoms with Gasteiger partial charge in [0.1, 0.15) is 33.5 Å². The van der Waals surface area contributed by atoms with Crippen molar-refractivity contribution < 1.29 is 45.7 Å². The normalized spacial score (nSPS) is 17.0. The van der Waals surface area contributed by atoms with Crippen LogP contribution in [0.2, 0.25) is 0 Å². The van der Waals surface area contributed by atoms with E-state index in [0.29, 0.717) is 47.2 Å². The van der Waals surface area contributed by atoms with Crippen LogP contribution < -0.4 is 24.7 Å². The first kappa shape index (κ1) is 39.9. The number of aromatic nitrogens is 1. The Labute approximate surface area is 320 Å². The van der Waals surface area contributed by atoms with Crippen molar-refractivity contribution >= 4 is 27.2 Å². The second kappa shape index (κ2) is 15.8. The summed E-state index contributed by atoms with van der Waals surface area (Å²) in [5.41, 5.74) is -0.0751. The number of sulfonamides is 1. The summed E-state index contributed by atoms with van der Waals surface area (Å²) < 4.78 is 81.0. The topological polar surface area (TPSA) is 139 Å². The van der Waals surface area contributed by atoms with Gasteiger partial charge < -0.3 is 33.0 Å². The van der Waals surface area contributed by atoms with Crippen LogP contribution >= 0.6 is 0 Å². The number of ether oxygens (including phenoxy) is 5. The predicted molar refractivity (Wildman–Crippen MR) is 203 cm³/mol. The van der Waals surface area contributed by atoms with Gasteiger partial charge in [0.15, 0.2) is 11.4 Å². The highest BCUT2D eigenvalue weighted by molar-refractivity contribution is 7.89. The lowest BCUT2D eigenvalue weighted by molar-refractivity contribution is 0.0147. The molecule has 55 heavy (non-hydrogen) atoms. The Hall–Kier alpha value is -4.76. The molecule has 0 spiro atoms. The smallest absolute Gasteiger partial charge is 0.420 e. The van der Waals surface area contributed by atoms with Crippen LogP contribution in [0.25, 0.3) is 11.1 Å². The summed E-state index contributed by atoms with van der Waals surface area (Å²) in [6, 6.07) is 12.6. The number of amides is 1. The molecule has 0 radical (unpaired) electrons. The Kier molecular flexibility index (Phi) is 11.4. The van der Waals surface area contributed by atoms with Crippen LogP contribution in [-0.2, 0) is 34.4 Å². The molecule has 6 rings (SSSR count). The van der Waals surface area contributed by atoms with E-state index in [0.717, 1.165) is 36.4 Å². The van der Waals surface area contributed by atoms with Gasteiger partial charge in [-0.1, -0.05) is 12.1 Å². The molecule has 15 heteroatoms. The SMILES string of the molecule is COc1ccc(CN(Cc2ccc(OC)cc2OC)S(=O)(=O)c2ccc3c(oc(=O)n3CC3(CC4CCCN(C(=O)OC(C)(C)C)C4)CC3)c2F)c(OC)c1. The first-order chi connectivity index (χ1) is 26.1. The van der Waals surface area contributed by atoms with Gasteiger partial charge in [0.05, 0.1) is 34.0 Å². The number of hydrogen-bond acceptors (Lipinski definition) is 10. The van der Waals surface area contributed by atoms with Crippen molar-refractivity contribution in [3.63, 3.8) is 0 Å². The van der Waals surface area contributed by atoms with Crippen molar-refractivity contribution in [1.82, 2.24) is 13.8 Å². The van der Waals surface area contributed by atoms with E-state index in [1.807, 2.05) is 20.8 Å². The van der Waals surface area contributed by atoms with Crippen LogP contribution in [0.1, 0.15) is 64.0 Å². The molecule has 0 N–H and O–H groups in total. The lowest BCUT2D eigenvalue weighted by Crippen LogP contribution is -2.43. The number of halogens is 1. The Morgan fingerprint density at radius 1 is 0.927 bits per heavy atom. The summed E-state index contributed by atoms with van der Waals surface area (Å²) in [5.74, 6) is 0.0592. The number of carbonyl (C=O) groups excluding carboxylic acids is 1. The van der Waals surface area contributed by atoms with Gasteiger partial charge in [0, 0.05) is 56.0 Å². The molecule has 0 bridgehead atoms. The zero-order valence-electron chi connectivity index (χ0n) is 32.5. The third kappa shape index (κ3) is 8.72. The van der Waals surface area contributed by atoms with Crippen molar-refractivity contribution in [3.05, 3.63) is 76.0 Å². The molecule has 2 heterocycles. The predicted octanol–water partition coefficient (Wildman–Crippen LogP) is 6.98. The molecular formula is C40H50FN3O10S. The van der Waals surface area contributed by atoms with E-state index in [1.165, 1.54) is 45.1 Å². The van der Waals surface area contributed by atoms with Crippen molar-refractivity contribution in [1.29, 1.82) is 0 Å². The lowest BCUT2D eigenvalue weighted by Gasteiger charge is -2.35. The highest BCUT2D eigenvalue weighted by atomic mass is 32.2. The van der Waals surface area contributed by atoms with Crippen LogP contribution in [0.3, 0.4) is 0 Å².